The Morgan fingerprint density at radius 1 is 1.33 bits per heavy atom. The molecule has 0 bridgehead atoms. The van der Waals surface area contributed by atoms with Crippen LogP contribution in [-0.2, 0) is 0 Å². The summed E-state index contributed by atoms with van der Waals surface area (Å²) in [6.45, 7) is 3.63. The van der Waals surface area contributed by atoms with Gasteiger partial charge in [-0.25, -0.2) is 0 Å². The van der Waals surface area contributed by atoms with Gasteiger partial charge in [-0.15, -0.1) is 11.6 Å². The lowest BCUT2D eigenvalue weighted by molar-refractivity contribution is 0.102. The average Bonchev–Trinajstić information content (AvgIpc) is 2.76. The molecule has 3 nitrogen and oxygen atoms in total. The second kappa shape index (κ2) is 5.27. The predicted octanol–water partition coefficient (Wildman–Crippen LogP) is 4.14. The number of carbonyl (C=O) groups excluding carboxylic acids is 1. The average molecular weight is 264 g/mol. The van der Waals surface area contributed by atoms with Crippen molar-refractivity contribution in [2.24, 2.45) is 0 Å². The van der Waals surface area contributed by atoms with Crippen molar-refractivity contribution < 1.29 is 9.21 Å². The van der Waals surface area contributed by atoms with Crippen molar-refractivity contribution in [3.8, 4) is 0 Å². The van der Waals surface area contributed by atoms with E-state index >= 15 is 0 Å². The summed E-state index contributed by atoms with van der Waals surface area (Å²) in [6.07, 6.45) is 1.50. The zero-order chi connectivity index (χ0) is 13.1. The number of anilines is 1. The van der Waals surface area contributed by atoms with E-state index in [4.69, 9.17) is 16.0 Å². The summed E-state index contributed by atoms with van der Waals surface area (Å²) in [5, 5.41) is 2.69. The van der Waals surface area contributed by atoms with E-state index in [0.717, 1.165) is 11.3 Å². The first-order valence-electron chi connectivity index (χ1n) is 5.68. The third kappa shape index (κ3) is 2.57. The lowest BCUT2D eigenvalue weighted by Gasteiger charge is -2.12. The first-order valence-corrected chi connectivity index (χ1v) is 6.11. The van der Waals surface area contributed by atoms with Crippen LogP contribution >= 0.6 is 11.6 Å². The van der Waals surface area contributed by atoms with Gasteiger partial charge in [-0.05, 0) is 31.5 Å². The van der Waals surface area contributed by atoms with Crippen molar-refractivity contribution in [1.29, 1.82) is 0 Å². The minimum atomic E-state index is -0.189. The highest BCUT2D eigenvalue weighted by atomic mass is 35.5. The minimum absolute atomic E-state index is 0.160. The highest BCUT2D eigenvalue weighted by Crippen LogP contribution is 2.27. The first-order chi connectivity index (χ1) is 8.59. The van der Waals surface area contributed by atoms with Gasteiger partial charge in [0.1, 0.15) is 5.76 Å². The van der Waals surface area contributed by atoms with Gasteiger partial charge in [-0.3, -0.25) is 4.79 Å². The molecule has 0 aliphatic rings. The van der Waals surface area contributed by atoms with Crippen LogP contribution in [0.2, 0.25) is 0 Å². The van der Waals surface area contributed by atoms with E-state index in [0.29, 0.717) is 11.3 Å². The Morgan fingerprint density at radius 3 is 2.67 bits per heavy atom. The van der Waals surface area contributed by atoms with Gasteiger partial charge in [-0.1, -0.05) is 18.2 Å². The Balaban J connectivity index is 2.25. The van der Waals surface area contributed by atoms with E-state index in [2.05, 4.69) is 5.32 Å². The predicted molar refractivity (Wildman–Crippen MR) is 72.1 cm³/mol. The van der Waals surface area contributed by atoms with Gasteiger partial charge in [0.25, 0.3) is 5.91 Å². The van der Waals surface area contributed by atoms with E-state index in [1.54, 1.807) is 13.0 Å². The normalized spacial score (nSPS) is 12.2. The number of para-hydroxylation sites is 1. The van der Waals surface area contributed by atoms with Crippen molar-refractivity contribution >= 4 is 23.2 Å². The number of furan rings is 1. The summed E-state index contributed by atoms with van der Waals surface area (Å²) in [5.41, 5.74) is 2.16. The second-order valence-corrected chi connectivity index (χ2v) is 4.70. The van der Waals surface area contributed by atoms with Gasteiger partial charge >= 0.3 is 0 Å². The number of nitrogens with one attached hydrogen (secondary N) is 1. The van der Waals surface area contributed by atoms with Gasteiger partial charge in [0.05, 0.1) is 17.2 Å². The van der Waals surface area contributed by atoms with Crippen LogP contribution in [0.25, 0.3) is 0 Å². The number of benzene rings is 1. The third-order valence-electron chi connectivity index (χ3n) is 2.74. The van der Waals surface area contributed by atoms with Crippen molar-refractivity contribution in [1.82, 2.24) is 0 Å². The maximum absolute atomic E-state index is 12.1. The summed E-state index contributed by atoms with van der Waals surface area (Å²) in [5.74, 6) is 0.412. The van der Waals surface area contributed by atoms with Gasteiger partial charge in [-0.2, -0.15) is 0 Å². The zero-order valence-corrected chi connectivity index (χ0v) is 11.0. The van der Waals surface area contributed by atoms with E-state index < -0.39 is 0 Å². The van der Waals surface area contributed by atoms with Gasteiger partial charge in [0.15, 0.2) is 0 Å². The molecule has 1 amide bonds. The molecule has 2 rings (SSSR count). The molecule has 1 atom stereocenters. The summed E-state index contributed by atoms with van der Waals surface area (Å²) < 4.78 is 5.11. The molecule has 4 heteroatoms. The fourth-order valence-corrected chi connectivity index (χ4v) is 1.96. The Morgan fingerprint density at radius 2 is 2.06 bits per heavy atom. The summed E-state index contributed by atoms with van der Waals surface area (Å²) in [7, 11) is 0. The Labute approximate surface area is 111 Å². The van der Waals surface area contributed by atoms with Crippen LogP contribution in [0.15, 0.2) is 41.0 Å². The Kier molecular flexibility index (Phi) is 3.72. The van der Waals surface area contributed by atoms with Crippen molar-refractivity contribution in [3.63, 3.8) is 0 Å². The third-order valence-corrected chi connectivity index (χ3v) is 2.98. The van der Waals surface area contributed by atoms with Crippen LogP contribution in [0, 0.1) is 6.92 Å². The van der Waals surface area contributed by atoms with Crippen LogP contribution in [0.5, 0.6) is 0 Å². The number of hydrogen-bond acceptors (Lipinski definition) is 2. The molecule has 0 saturated heterocycles. The summed E-state index contributed by atoms with van der Waals surface area (Å²) in [4.78, 5) is 12.1. The van der Waals surface area contributed by atoms with E-state index in [-0.39, 0.29) is 11.3 Å². The molecule has 18 heavy (non-hydrogen) atoms. The van der Waals surface area contributed by atoms with Gasteiger partial charge in [0.2, 0.25) is 0 Å². The maximum Gasteiger partial charge on any atom is 0.259 e. The molecule has 1 heterocycles. The van der Waals surface area contributed by atoms with Crippen molar-refractivity contribution in [2.45, 2.75) is 19.2 Å². The first kappa shape index (κ1) is 12.7. The molecular weight excluding hydrogens is 250 g/mol. The second-order valence-electron chi connectivity index (χ2n) is 4.05. The van der Waals surface area contributed by atoms with E-state index in [1.165, 1.54) is 6.26 Å². The van der Waals surface area contributed by atoms with E-state index in [9.17, 15) is 4.79 Å². The van der Waals surface area contributed by atoms with Crippen molar-refractivity contribution in [2.75, 3.05) is 5.32 Å². The van der Waals surface area contributed by atoms with Crippen LogP contribution in [0.1, 0.15) is 34.0 Å². The topological polar surface area (TPSA) is 42.2 Å². The Hall–Kier alpha value is -1.74. The maximum atomic E-state index is 12.1. The monoisotopic (exact) mass is 263 g/mol. The van der Waals surface area contributed by atoms with Gasteiger partial charge in [0, 0.05) is 5.69 Å². The molecule has 0 fully saturated rings. The number of aryl methyl sites for hydroxylation is 1. The number of alkyl halides is 1. The number of rotatable bonds is 3. The molecule has 1 N–H and O–H groups in total. The van der Waals surface area contributed by atoms with Crippen molar-refractivity contribution in [3.05, 3.63) is 53.5 Å². The minimum Gasteiger partial charge on any atom is -0.469 e. The molecule has 1 aromatic heterocycles. The fourth-order valence-electron chi connectivity index (χ4n) is 1.77. The highest BCUT2D eigenvalue weighted by Gasteiger charge is 2.14. The standard InChI is InChI=1S/C14H14ClNO2/c1-9(15)11-5-3-4-6-13(11)16-14(17)12-7-8-18-10(12)2/h3-9H,1-2H3,(H,16,17). The fraction of sp³-hybridized carbons (Fsp3) is 0.214. The molecule has 1 unspecified atom stereocenters. The lowest BCUT2D eigenvalue weighted by Crippen LogP contribution is -2.13. The number of carbonyl (C=O) groups is 1. The molecule has 0 saturated carbocycles. The molecular formula is C14H14ClNO2. The summed E-state index contributed by atoms with van der Waals surface area (Å²) in [6, 6.07) is 9.14. The Bertz CT molecular complexity index is 560. The smallest absolute Gasteiger partial charge is 0.259 e. The molecule has 0 radical (unpaired) electrons. The lowest BCUT2D eigenvalue weighted by atomic mass is 10.1. The highest BCUT2D eigenvalue weighted by molar-refractivity contribution is 6.21. The zero-order valence-electron chi connectivity index (χ0n) is 10.2. The molecule has 1 aromatic carbocycles. The quantitative estimate of drug-likeness (QED) is 0.846. The number of amides is 1. The molecule has 0 spiro atoms. The number of halogens is 1. The molecule has 0 aliphatic heterocycles. The number of hydrogen-bond donors (Lipinski definition) is 1. The van der Waals surface area contributed by atoms with Crippen LogP contribution in [-0.4, -0.2) is 5.91 Å². The molecule has 2 aromatic rings. The van der Waals surface area contributed by atoms with E-state index in [1.807, 2.05) is 31.2 Å². The van der Waals surface area contributed by atoms with Gasteiger partial charge < -0.3 is 9.73 Å². The SMILES string of the molecule is Cc1occc1C(=O)Nc1ccccc1C(C)Cl. The van der Waals surface area contributed by atoms with Crippen LogP contribution in [0.4, 0.5) is 5.69 Å². The molecule has 0 aliphatic carbocycles. The largest absolute Gasteiger partial charge is 0.469 e. The molecule has 94 valence electrons. The van der Waals surface area contributed by atoms with Crippen LogP contribution in [0.3, 0.4) is 0 Å². The summed E-state index contributed by atoms with van der Waals surface area (Å²) >= 11 is 6.08. The van der Waals surface area contributed by atoms with Crippen LogP contribution < -0.4 is 5.32 Å².